The van der Waals surface area contributed by atoms with Crippen molar-refractivity contribution in [3.05, 3.63) is 24.3 Å². The fourth-order valence-electron chi connectivity index (χ4n) is 1.56. The first-order chi connectivity index (χ1) is 7.54. The highest BCUT2D eigenvalue weighted by Crippen LogP contribution is 2.20. The summed E-state index contributed by atoms with van der Waals surface area (Å²) in [5, 5.41) is 0. The van der Waals surface area contributed by atoms with Crippen molar-refractivity contribution in [2.24, 2.45) is 4.99 Å². The van der Waals surface area contributed by atoms with Gasteiger partial charge >= 0.3 is 0 Å². The molecule has 0 saturated carbocycles. The highest BCUT2D eigenvalue weighted by Gasteiger charge is 2.27. The third kappa shape index (κ3) is 2.93. The number of fused-ring (bicyclic) bond motifs is 1. The van der Waals surface area contributed by atoms with Crippen LogP contribution in [0.4, 0.5) is 0 Å². The Kier molecular flexibility index (Phi) is 3.11. The van der Waals surface area contributed by atoms with Crippen LogP contribution in [-0.2, 0) is 19.0 Å². The Balaban J connectivity index is 1.84. The van der Waals surface area contributed by atoms with Crippen LogP contribution in [0.3, 0.4) is 0 Å². The largest absolute Gasteiger partial charge is 0.471 e. The van der Waals surface area contributed by atoms with Gasteiger partial charge in [0.05, 0.1) is 12.9 Å². The summed E-state index contributed by atoms with van der Waals surface area (Å²) in [4.78, 5) is 4.31. The molecule has 2 rings (SSSR count). The third-order valence-electron chi connectivity index (χ3n) is 2.24. The number of hydrogen-bond donors (Lipinski definition) is 0. The van der Waals surface area contributed by atoms with E-state index in [4.69, 9.17) is 4.74 Å². The number of aliphatic imine (C=N–C) groups is 1. The van der Waals surface area contributed by atoms with Gasteiger partial charge in [-0.15, -0.1) is 0 Å². The minimum absolute atomic E-state index is 0.0261. The maximum absolute atomic E-state index is 10.7. The van der Waals surface area contributed by atoms with Crippen molar-refractivity contribution < 1.29 is 17.3 Å². The van der Waals surface area contributed by atoms with Gasteiger partial charge in [-0.25, -0.2) is 4.99 Å². The number of nitrogens with zero attached hydrogens (tertiary/aromatic N) is 1. The van der Waals surface area contributed by atoms with E-state index in [1.807, 2.05) is 24.3 Å². The summed E-state index contributed by atoms with van der Waals surface area (Å²) in [5.74, 6) is 0.551. The van der Waals surface area contributed by atoms with Crippen LogP contribution in [0.15, 0.2) is 29.3 Å². The molecule has 0 aromatic rings. The fraction of sp³-hybridized carbons (Fsp3) is 0.500. The van der Waals surface area contributed by atoms with E-state index in [9.17, 15) is 8.42 Å². The molecular formula is C10H13NO4S. The summed E-state index contributed by atoms with van der Waals surface area (Å²) in [5.41, 5.74) is 0. The van der Waals surface area contributed by atoms with Crippen molar-refractivity contribution >= 4 is 16.0 Å². The number of rotatable bonds is 4. The molecule has 0 amide bonds. The molecule has 0 aromatic carbocycles. The van der Waals surface area contributed by atoms with E-state index < -0.39 is 10.1 Å². The van der Waals surface area contributed by atoms with Gasteiger partial charge in [0.25, 0.3) is 10.1 Å². The molecule has 0 saturated heterocycles. The van der Waals surface area contributed by atoms with Gasteiger partial charge in [-0.05, 0) is 6.08 Å². The maximum Gasteiger partial charge on any atom is 0.264 e. The molecule has 5 nitrogen and oxygen atoms in total. The molecule has 0 spiro atoms. The van der Waals surface area contributed by atoms with E-state index in [1.54, 1.807) is 0 Å². The Morgan fingerprint density at radius 2 is 2.19 bits per heavy atom. The minimum Gasteiger partial charge on any atom is -0.471 e. The standard InChI is InChI=1S/C10H13NO4S/c1-16(12,13)14-7-6-10-11-8-4-2-3-5-9(8)15-10/h2-5,8-9H,6-7H2,1H3. The van der Waals surface area contributed by atoms with Crippen LogP contribution >= 0.6 is 0 Å². The average Bonchev–Trinajstić information content (AvgIpc) is 2.57. The van der Waals surface area contributed by atoms with Gasteiger partial charge in [-0.1, -0.05) is 18.2 Å². The van der Waals surface area contributed by atoms with Crippen LogP contribution < -0.4 is 0 Å². The van der Waals surface area contributed by atoms with E-state index in [2.05, 4.69) is 9.18 Å². The quantitative estimate of drug-likeness (QED) is 0.680. The Labute approximate surface area is 94.6 Å². The van der Waals surface area contributed by atoms with Crippen LogP contribution in [0.25, 0.3) is 0 Å². The van der Waals surface area contributed by atoms with Crippen LogP contribution in [0, 0.1) is 0 Å². The molecule has 0 radical (unpaired) electrons. The maximum atomic E-state index is 10.7. The van der Waals surface area contributed by atoms with Crippen molar-refractivity contribution in [2.75, 3.05) is 12.9 Å². The molecule has 0 fully saturated rings. The van der Waals surface area contributed by atoms with Crippen LogP contribution in [0.2, 0.25) is 0 Å². The first-order valence-corrected chi connectivity index (χ1v) is 6.79. The predicted molar refractivity (Wildman–Crippen MR) is 59.8 cm³/mol. The zero-order valence-corrected chi connectivity index (χ0v) is 9.68. The molecule has 88 valence electrons. The first kappa shape index (κ1) is 11.3. The van der Waals surface area contributed by atoms with Gasteiger partial charge in [0.1, 0.15) is 12.1 Å². The molecule has 0 aromatic heterocycles. The van der Waals surface area contributed by atoms with Gasteiger partial charge in [-0.3, -0.25) is 4.18 Å². The van der Waals surface area contributed by atoms with Crippen LogP contribution in [0.5, 0.6) is 0 Å². The average molecular weight is 243 g/mol. The Hall–Kier alpha value is -1.14. The molecule has 1 aliphatic heterocycles. The second-order valence-corrected chi connectivity index (χ2v) is 5.29. The smallest absolute Gasteiger partial charge is 0.264 e. The zero-order chi connectivity index (χ0) is 11.6. The molecule has 2 aliphatic rings. The van der Waals surface area contributed by atoms with Gasteiger partial charge in [0, 0.05) is 6.42 Å². The first-order valence-electron chi connectivity index (χ1n) is 4.97. The Morgan fingerprint density at radius 1 is 1.44 bits per heavy atom. The Bertz CT molecular complexity index is 449. The fourth-order valence-corrected chi connectivity index (χ4v) is 1.94. The highest BCUT2D eigenvalue weighted by molar-refractivity contribution is 7.85. The molecule has 0 bridgehead atoms. The second kappa shape index (κ2) is 4.39. The summed E-state index contributed by atoms with van der Waals surface area (Å²) in [6, 6.07) is 0.0261. The van der Waals surface area contributed by atoms with E-state index in [0.29, 0.717) is 12.3 Å². The topological polar surface area (TPSA) is 65.0 Å². The lowest BCUT2D eigenvalue weighted by molar-refractivity contribution is 0.240. The molecule has 2 unspecified atom stereocenters. The number of ether oxygens (including phenoxy) is 1. The molecule has 0 N–H and O–H groups in total. The van der Waals surface area contributed by atoms with E-state index in [-0.39, 0.29) is 18.8 Å². The number of allylic oxidation sites excluding steroid dienone is 2. The lowest BCUT2D eigenvalue weighted by Crippen LogP contribution is -2.19. The highest BCUT2D eigenvalue weighted by atomic mass is 32.2. The van der Waals surface area contributed by atoms with Crippen molar-refractivity contribution in [3.63, 3.8) is 0 Å². The zero-order valence-electron chi connectivity index (χ0n) is 8.87. The van der Waals surface area contributed by atoms with Gasteiger partial charge in [-0.2, -0.15) is 8.42 Å². The molecule has 1 aliphatic carbocycles. The lowest BCUT2D eigenvalue weighted by Gasteiger charge is -2.12. The summed E-state index contributed by atoms with van der Waals surface area (Å²) < 4.78 is 31.6. The normalized spacial score (nSPS) is 27.4. The number of hydrogen-bond acceptors (Lipinski definition) is 5. The van der Waals surface area contributed by atoms with E-state index in [1.165, 1.54) is 0 Å². The molecule has 2 atom stereocenters. The summed E-state index contributed by atoms with van der Waals surface area (Å²) in [6.45, 7) is 0.0739. The van der Waals surface area contributed by atoms with Crippen molar-refractivity contribution in [3.8, 4) is 0 Å². The molecule has 1 heterocycles. The SMILES string of the molecule is CS(=O)(=O)OCCC1=NC2C=CC=CC2O1. The predicted octanol–water partition coefficient (Wildman–Crippen LogP) is 0.645. The molecule has 16 heavy (non-hydrogen) atoms. The van der Waals surface area contributed by atoms with Crippen molar-refractivity contribution in [2.45, 2.75) is 18.6 Å². The Morgan fingerprint density at radius 3 is 2.88 bits per heavy atom. The second-order valence-electron chi connectivity index (χ2n) is 3.64. The van der Waals surface area contributed by atoms with Gasteiger partial charge < -0.3 is 4.74 Å². The summed E-state index contributed by atoms with van der Waals surface area (Å²) in [7, 11) is -3.38. The molecule has 6 heteroatoms. The summed E-state index contributed by atoms with van der Waals surface area (Å²) in [6.07, 6.45) is 9.07. The summed E-state index contributed by atoms with van der Waals surface area (Å²) >= 11 is 0. The van der Waals surface area contributed by atoms with Crippen molar-refractivity contribution in [1.29, 1.82) is 0 Å². The van der Waals surface area contributed by atoms with Crippen LogP contribution in [-0.4, -0.2) is 39.3 Å². The van der Waals surface area contributed by atoms with Gasteiger partial charge in [0.15, 0.2) is 5.90 Å². The van der Waals surface area contributed by atoms with E-state index in [0.717, 1.165) is 6.26 Å². The van der Waals surface area contributed by atoms with Crippen LogP contribution in [0.1, 0.15) is 6.42 Å². The third-order valence-corrected chi connectivity index (χ3v) is 2.83. The molecular weight excluding hydrogens is 230 g/mol. The van der Waals surface area contributed by atoms with Crippen molar-refractivity contribution in [1.82, 2.24) is 0 Å². The van der Waals surface area contributed by atoms with E-state index >= 15 is 0 Å². The monoisotopic (exact) mass is 243 g/mol. The lowest BCUT2D eigenvalue weighted by atomic mass is 10.1. The minimum atomic E-state index is -3.38. The van der Waals surface area contributed by atoms with Gasteiger partial charge in [0.2, 0.25) is 0 Å².